The van der Waals surface area contributed by atoms with Crippen LogP contribution in [0.5, 0.6) is 0 Å². The second kappa shape index (κ2) is 9.14. The fourth-order valence-corrected chi connectivity index (χ4v) is 3.91. The summed E-state index contributed by atoms with van der Waals surface area (Å²) in [5.74, 6) is -0.313. The maximum atomic E-state index is 12.2. The van der Waals surface area contributed by atoms with Gasteiger partial charge in [-0.1, -0.05) is 13.0 Å². The van der Waals surface area contributed by atoms with Crippen LogP contribution < -0.4 is 15.8 Å². The minimum Gasteiger partial charge on any atom is -0.325 e. The summed E-state index contributed by atoms with van der Waals surface area (Å²) in [7, 11) is -3.39. The highest BCUT2D eigenvalue weighted by atomic mass is 35.5. The van der Waals surface area contributed by atoms with E-state index in [1.165, 1.54) is 11.3 Å². The molecule has 0 atom stereocenters. The summed E-state index contributed by atoms with van der Waals surface area (Å²) in [6.45, 7) is 3.82. The average molecular weight is 405 g/mol. The lowest BCUT2D eigenvalue weighted by molar-refractivity contribution is 0.102. The Labute approximate surface area is 157 Å². The first-order valence-corrected chi connectivity index (χ1v) is 9.95. The second-order valence-electron chi connectivity index (χ2n) is 5.18. The number of nitrogens with one attached hydrogen (secondary N) is 2. The molecule has 0 bridgehead atoms. The molecule has 0 fully saturated rings. The molecule has 0 spiro atoms. The smallest absolute Gasteiger partial charge is 0.275 e. The molecule has 1 heterocycles. The molecule has 0 aliphatic carbocycles. The molecular formula is C15H21ClN4O3S2. The highest BCUT2D eigenvalue weighted by molar-refractivity contribution is 7.92. The SMILES string of the molecule is CCCS(=O)(=O)Nc1cccc(NC(=O)c2csc(CN)n2)c1C.Cl. The molecule has 10 heteroatoms. The van der Waals surface area contributed by atoms with Crippen molar-refractivity contribution in [2.45, 2.75) is 26.8 Å². The number of rotatable bonds is 7. The molecule has 0 radical (unpaired) electrons. The average Bonchev–Trinajstić information content (AvgIpc) is 3.00. The number of benzene rings is 1. The van der Waals surface area contributed by atoms with E-state index in [1.807, 2.05) is 0 Å². The highest BCUT2D eigenvalue weighted by Gasteiger charge is 2.15. The van der Waals surface area contributed by atoms with Crippen LogP contribution in [0.25, 0.3) is 0 Å². The lowest BCUT2D eigenvalue weighted by Gasteiger charge is -2.13. The number of carbonyl (C=O) groups excluding carboxylic acids is 1. The molecule has 1 aromatic carbocycles. The summed E-state index contributed by atoms with van der Waals surface area (Å²) in [4.78, 5) is 16.4. The summed E-state index contributed by atoms with van der Waals surface area (Å²) in [6.07, 6.45) is 0.526. The van der Waals surface area contributed by atoms with Crippen LogP contribution in [0.3, 0.4) is 0 Å². The zero-order valence-electron chi connectivity index (χ0n) is 13.9. The number of nitrogens with zero attached hydrogens (tertiary/aromatic N) is 1. The molecule has 0 aliphatic heterocycles. The molecule has 25 heavy (non-hydrogen) atoms. The van der Waals surface area contributed by atoms with Gasteiger partial charge < -0.3 is 11.1 Å². The Kier molecular flexibility index (Phi) is 7.81. The van der Waals surface area contributed by atoms with Gasteiger partial charge in [0.2, 0.25) is 10.0 Å². The van der Waals surface area contributed by atoms with E-state index in [0.717, 1.165) is 0 Å². The second-order valence-corrected chi connectivity index (χ2v) is 7.97. The van der Waals surface area contributed by atoms with E-state index < -0.39 is 10.0 Å². The zero-order valence-corrected chi connectivity index (χ0v) is 16.4. The Morgan fingerprint density at radius 1 is 1.32 bits per heavy atom. The van der Waals surface area contributed by atoms with Crippen LogP contribution >= 0.6 is 23.7 Å². The zero-order chi connectivity index (χ0) is 17.7. The van der Waals surface area contributed by atoms with Crippen molar-refractivity contribution in [2.24, 2.45) is 5.73 Å². The largest absolute Gasteiger partial charge is 0.325 e. The Bertz CT molecular complexity index is 837. The highest BCUT2D eigenvalue weighted by Crippen LogP contribution is 2.25. The molecule has 7 nitrogen and oxygen atoms in total. The van der Waals surface area contributed by atoms with E-state index in [9.17, 15) is 13.2 Å². The number of sulfonamides is 1. The van der Waals surface area contributed by atoms with Crippen molar-refractivity contribution in [2.75, 3.05) is 15.8 Å². The molecule has 0 aliphatic rings. The number of anilines is 2. The number of thiazole rings is 1. The minimum absolute atomic E-state index is 0. The fourth-order valence-electron chi connectivity index (χ4n) is 2.06. The van der Waals surface area contributed by atoms with Crippen LogP contribution in [0.2, 0.25) is 0 Å². The molecule has 1 aromatic heterocycles. The van der Waals surface area contributed by atoms with Gasteiger partial charge in [-0.15, -0.1) is 23.7 Å². The Balaban J connectivity index is 0.00000312. The summed E-state index contributed by atoms with van der Waals surface area (Å²) in [5.41, 5.74) is 7.40. The van der Waals surface area contributed by atoms with Crippen molar-refractivity contribution in [3.63, 3.8) is 0 Å². The van der Waals surface area contributed by atoms with E-state index in [1.54, 1.807) is 37.4 Å². The van der Waals surface area contributed by atoms with Crippen molar-refractivity contribution < 1.29 is 13.2 Å². The van der Waals surface area contributed by atoms with Crippen molar-refractivity contribution >= 4 is 51.0 Å². The molecule has 138 valence electrons. The Hall–Kier alpha value is -1.68. The molecule has 0 unspecified atom stereocenters. The van der Waals surface area contributed by atoms with Gasteiger partial charge >= 0.3 is 0 Å². The third-order valence-corrected chi connectivity index (χ3v) is 5.63. The number of amides is 1. The van der Waals surface area contributed by atoms with Gasteiger partial charge in [-0.2, -0.15) is 0 Å². The van der Waals surface area contributed by atoms with E-state index in [2.05, 4.69) is 15.0 Å². The molecule has 2 aromatic rings. The van der Waals surface area contributed by atoms with Crippen LogP contribution in [0, 0.1) is 6.92 Å². The van der Waals surface area contributed by atoms with Crippen molar-refractivity contribution in [3.05, 3.63) is 39.8 Å². The number of carbonyl (C=O) groups is 1. The third-order valence-electron chi connectivity index (χ3n) is 3.28. The standard InChI is InChI=1S/C15H20N4O3S2.ClH/c1-3-7-24(21,22)19-12-6-4-5-11(10(12)2)18-15(20)13-9-23-14(8-16)17-13;/h4-6,9,19H,3,7-8,16H2,1-2H3,(H,18,20);1H. The van der Waals surface area contributed by atoms with Crippen LogP contribution in [0.4, 0.5) is 11.4 Å². The first kappa shape index (κ1) is 21.4. The molecular weight excluding hydrogens is 384 g/mol. The number of hydrogen-bond donors (Lipinski definition) is 3. The van der Waals surface area contributed by atoms with Gasteiger partial charge in [0.1, 0.15) is 10.7 Å². The lowest BCUT2D eigenvalue weighted by atomic mass is 10.1. The van der Waals surface area contributed by atoms with E-state index in [4.69, 9.17) is 5.73 Å². The predicted octanol–water partition coefficient (Wildman–Crippen LogP) is 2.74. The van der Waals surface area contributed by atoms with Gasteiger partial charge in [0.15, 0.2) is 0 Å². The molecule has 4 N–H and O–H groups in total. The normalized spacial score (nSPS) is 10.8. The van der Waals surface area contributed by atoms with Gasteiger partial charge in [0, 0.05) is 17.6 Å². The summed E-state index contributed by atoms with van der Waals surface area (Å²) >= 11 is 1.32. The van der Waals surface area contributed by atoms with E-state index in [0.29, 0.717) is 28.4 Å². The predicted molar refractivity (Wildman–Crippen MR) is 104 cm³/mol. The van der Waals surface area contributed by atoms with E-state index in [-0.39, 0.29) is 36.3 Å². The van der Waals surface area contributed by atoms with Gasteiger partial charge in [0.25, 0.3) is 5.91 Å². The quantitative estimate of drug-likeness (QED) is 0.656. The summed E-state index contributed by atoms with van der Waals surface area (Å²) < 4.78 is 26.4. The molecule has 0 saturated heterocycles. The van der Waals surface area contributed by atoms with Gasteiger partial charge in [0.05, 0.1) is 11.4 Å². The maximum Gasteiger partial charge on any atom is 0.275 e. The van der Waals surface area contributed by atoms with E-state index >= 15 is 0 Å². The number of hydrogen-bond acceptors (Lipinski definition) is 6. The lowest BCUT2D eigenvalue weighted by Crippen LogP contribution is -2.18. The van der Waals surface area contributed by atoms with Crippen LogP contribution in [0.1, 0.15) is 34.4 Å². The van der Waals surface area contributed by atoms with Gasteiger partial charge in [-0.05, 0) is 31.0 Å². The Morgan fingerprint density at radius 3 is 2.60 bits per heavy atom. The van der Waals surface area contributed by atoms with Crippen LogP contribution in [0.15, 0.2) is 23.6 Å². The third kappa shape index (κ3) is 5.67. The first-order valence-electron chi connectivity index (χ1n) is 7.42. The van der Waals surface area contributed by atoms with Crippen molar-refractivity contribution in [1.82, 2.24) is 4.98 Å². The minimum atomic E-state index is -3.39. The maximum absolute atomic E-state index is 12.2. The van der Waals surface area contributed by atoms with Crippen LogP contribution in [-0.4, -0.2) is 25.1 Å². The van der Waals surface area contributed by atoms with Gasteiger partial charge in [-0.3, -0.25) is 9.52 Å². The summed E-state index contributed by atoms with van der Waals surface area (Å²) in [5, 5.41) is 5.07. The van der Waals surface area contributed by atoms with Crippen molar-refractivity contribution in [3.8, 4) is 0 Å². The Morgan fingerprint density at radius 2 is 2.00 bits per heavy atom. The fraction of sp³-hybridized carbons (Fsp3) is 0.333. The first-order chi connectivity index (χ1) is 11.4. The van der Waals surface area contributed by atoms with Crippen LogP contribution in [-0.2, 0) is 16.6 Å². The molecule has 1 amide bonds. The topological polar surface area (TPSA) is 114 Å². The molecule has 2 rings (SSSR count). The number of halogens is 1. The number of aromatic nitrogens is 1. The number of nitrogens with two attached hydrogens (primary N) is 1. The van der Waals surface area contributed by atoms with Crippen molar-refractivity contribution in [1.29, 1.82) is 0 Å². The summed E-state index contributed by atoms with van der Waals surface area (Å²) in [6, 6.07) is 5.05. The monoisotopic (exact) mass is 404 g/mol. The molecule has 0 saturated carbocycles. The van der Waals surface area contributed by atoms with Gasteiger partial charge in [-0.25, -0.2) is 13.4 Å².